The number of sulfonamides is 1. The standard InChI is InChI=1S/C18H19BrN2O4S/c1-11-2-5-14(25-11)10-20-26(23,24)17-9-16-13(8-15(17)19)6-7-21(16)18(22)12-3-4-12/h2,5,8-9,12,20H,3-4,6-7,10H2,1H3. The second kappa shape index (κ2) is 6.51. The largest absolute Gasteiger partial charge is 0.465 e. The predicted molar refractivity (Wildman–Crippen MR) is 100 cm³/mol. The highest BCUT2D eigenvalue weighted by molar-refractivity contribution is 9.10. The minimum Gasteiger partial charge on any atom is -0.465 e. The van der Waals surface area contributed by atoms with Crippen LogP contribution in [0.15, 0.2) is 38.1 Å². The normalized spacial score (nSPS) is 16.8. The van der Waals surface area contributed by atoms with Crippen molar-refractivity contribution in [2.45, 2.75) is 37.6 Å². The van der Waals surface area contributed by atoms with Gasteiger partial charge >= 0.3 is 0 Å². The summed E-state index contributed by atoms with van der Waals surface area (Å²) in [5, 5.41) is 0. The van der Waals surface area contributed by atoms with Crippen LogP contribution in [0.25, 0.3) is 0 Å². The maximum Gasteiger partial charge on any atom is 0.242 e. The van der Waals surface area contributed by atoms with E-state index < -0.39 is 10.0 Å². The fourth-order valence-electron chi connectivity index (χ4n) is 3.20. The van der Waals surface area contributed by atoms with Gasteiger partial charge in [0.15, 0.2) is 0 Å². The van der Waals surface area contributed by atoms with Gasteiger partial charge in [0.05, 0.1) is 11.4 Å². The van der Waals surface area contributed by atoms with Gasteiger partial charge in [-0.25, -0.2) is 13.1 Å². The van der Waals surface area contributed by atoms with Gasteiger partial charge in [-0.3, -0.25) is 4.79 Å². The molecular formula is C18H19BrN2O4S. The lowest BCUT2D eigenvalue weighted by Gasteiger charge is -2.18. The Hall–Kier alpha value is -1.64. The SMILES string of the molecule is Cc1ccc(CNS(=O)(=O)c2cc3c(cc2Br)CCN3C(=O)C2CC2)o1. The smallest absolute Gasteiger partial charge is 0.242 e. The van der Waals surface area contributed by atoms with Gasteiger partial charge in [0.1, 0.15) is 11.5 Å². The van der Waals surface area contributed by atoms with Crippen LogP contribution in [0.4, 0.5) is 5.69 Å². The van der Waals surface area contributed by atoms with E-state index in [-0.39, 0.29) is 23.3 Å². The van der Waals surface area contributed by atoms with E-state index in [2.05, 4.69) is 20.7 Å². The number of amides is 1. The number of fused-ring (bicyclic) bond motifs is 1. The molecule has 26 heavy (non-hydrogen) atoms. The zero-order chi connectivity index (χ0) is 18.5. The quantitative estimate of drug-likeness (QED) is 0.777. The molecule has 0 spiro atoms. The molecule has 8 heteroatoms. The molecule has 2 heterocycles. The number of aryl methyl sites for hydroxylation is 1. The first-order valence-corrected chi connectivity index (χ1v) is 10.8. The Labute approximate surface area is 160 Å². The van der Waals surface area contributed by atoms with Crippen molar-refractivity contribution in [2.24, 2.45) is 5.92 Å². The van der Waals surface area contributed by atoms with Gasteiger partial charge in [-0.1, -0.05) is 0 Å². The molecule has 2 aromatic rings. The Kier molecular flexibility index (Phi) is 4.45. The van der Waals surface area contributed by atoms with Gasteiger partial charge in [-0.15, -0.1) is 0 Å². The number of halogens is 1. The molecule has 1 aromatic heterocycles. The molecule has 1 N–H and O–H groups in total. The van der Waals surface area contributed by atoms with Crippen molar-refractivity contribution in [1.82, 2.24) is 4.72 Å². The topological polar surface area (TPSA) is 79.6 Å². The lowest BCUT2D eigenvalue weighted by molar-refractivity contribution is -0.119. The number of carbonyl (C=O) groups excluding carboxylic acids is 1. The van der Waals surface area contributed by atoms with E-state index in [9.17, 15) is 13.2 Å². The van der Waals surface area contributed by atoms with Crippen LogP contribution in [-0.2, 0) is 27.8 Å². The molecule has 2 aliphatic rings. The lowest BCUT2D eigenvalue weighted by atomic mass is 10.2. The Balaban J connectivity index is 1.61. The summed E-state index contributed by atoms with van der Waals surface area (Å²) < 4.78 is 34.0. The van der Waals surface area contributed by atoms with Gasteiger partial charge < -0.3 is 9.32 Å². The summed E-state index contributed by atoms with van der Waals surface area (Å²) in [4.78, 5) is 14.3. The fraction of sp³-hybridized carbons (Fsp3) is 0.389. The number of hydrogen-bond acceptors (Lipinski definition) is 4. The first-order chi connectivity index (χ1) is 12.3. The molecule has 0 saturated heterocycles. The average molecular weight is 439 g/mol. The molecule has 1 aliphatic carbocycles. The van der Waals surface area contributed by atoms with E-state index in [0.29, 0.717) is 22.5 Å². The van der Waals surface area contributed by atoms with Gasteiger partial charge in [0.2, 0.25) is 15.9 Å². The van der Waals surface area contributed by atoms with Gasteiger partial charge in [0.25, 0.3) is 0 Å². The Morgan fingerprint density at radius 3 is 2.77 bits per heavy atom. The van der Waals surface area contributed by atoms with Gasteiger partial charge in [-0.2, -0.15) is 0 Å². The number of nitrogens with zero attached hydrogens (tertiary/aromatic N) is 1. The molecular weight excluding hydrogens is 420 g/mol. The Morgan fingerprint density at radius 1 is 1.35 bits per heavy atom. The number of rotatable bonds is 5. The van der Waals surface area contributed by atoms with Crippen LogP contribution in [0.1, 0.15) is 29.9 Å². The number of benzene rings is 1. The molecule has 138 valence electrons. The van der Waals surface area contributed by atoms with Crippen molar-refractivity contribution in [2.75, 3.05) is 11.4 Å². The third kappa shape index (κ3) is 3.33. The van der Waals surface area contributed by atoms with Crippen molar-refractivity contribution in [1.29, 1.82) is 0 Å². The molecule has 1 aromatic carbocycles. The summed E-state index contributed by atoms with van der Waals surface area (Å²) in [5.74, 6) is 1.49. The summed E-state index contributed by atoms with van der Waals surface area (Å²) in [6, 6.07) is 6.94. The van der Waals surface area contributed by atoms with E-state index >= 15 is 0 Å². The number of carbonyl (C=O) groups is 1. The average Bonchev–Trinajstić information content (AvgIpc) is 3.24. The highest BCUT2D eigenvalue weighted by Gasteiger charge is 2.37. The molecule has 1 amide bonds. The van der Waals surface area contributed by atoms with E-state index in [1.54, 1.807) is 36.1 Å². The highest BCUT2D eigenvalue weighted by Crippen LogP contribution is 2.39. The van der Waals surface area contributed by atoms with E-state index in [1.165, 1.54) is 0 Å². The predicted octanol–water partition coefficient (Wildman–Crippen LogP) is 3.13. The zero-order valence-corrected chi connectivity index (χ0v) is 16.7. The second-order valence-corrected chi connectivity index (χ2v) is 9.35. The summed E-state index contributed by atoms with van der Waals surface area (Å²) in [5.41, 5.74) is 1.70. The molecule has 1 aliphatic heterocycles. The van der Waals surface area contributed by atoms with E-state index in [0.717, 1.165) is 30.6 Å². The van der Waals surface area contributed by atoms with E-state index in [4.69, 9.17) is 4.42 Å². The summed E-state index contributed by atoms with van der Waals surface area (Å²) >= 11 is 3.37. The van der Waals surface area contributed by atoms with Crippen LogP contribution in [0.5, 0.6) is 0 Å². The Morgan fingerprint density at radius 2 is 2.12 bits per heavy atom. The highest BCUT2D eigenvalue weighted by atomic mass is 79.9. The molecule has 6 nitrogen and oxygen atoms in total. The van der Waals surface area contributed by atoms with Crippen LogP contribution in [0, 0.1) is 12.8 Å². The van der Waals surface area contributed by atoms with Crippen molar-refractivity contribution in [3.8, 4) is 0 Å². The van der Waals surface area contributed by atoms with Gasteiger partial charge in [-0.05, 0) is 71.9 Å². The molecule has 0 atom stereocenters. The summed E-state index contributed by atoms with van der Waals surface area (Å²) in [6.07, 6.45) is 2.60. The van der Waals surface area contributed by atoms with Crippen LogP contribution in [0.3, 0.4) is 0 Å². The third-order valence-electron chi connectivity index (χ3n) is 4.74. The van der Waals surface area contributed by atoms with E-state index in [1.807, 2.05) is 0 Å². The second-order valence-electron chi connectivity index (χ2n) is 6.76. The van der Waals surface area contributed by atoms with Crippen molar-refractivity contribution in [3.63, 3.8) is 0 Å². The minimum atomic E-state index is -3.75. The fourth-order valence-corrected chi connectivity index (χ4v) is 5.30. The summed E-state index contributed by atoms with van der Waals surface area (Å²) in [6.45, 7) is 2.49. The zero-order valence-electron chi connectivity index (χ0n) is 14.3. The molecule has 1 fully saturated rings. The molecule has 0 radical (unpaired) electrons. The molecule has 1 saturated carbocycles. The van der Waals surface area contributed by atoms with Crippen LogP contribution in [0.2, 0.25) is 0 Å². The van der Waals surface area contributed by atoms with Crippen molar-refractivity contribution in [3.05, 3.63) is 45.8 Å². The van der Waals surface area contributed by atoms with Crippen LogP contribution >= 0.6 is 15.9 Å². The maximum absolute atomic E-state index is 12.8. The van der Waals surface area contributed by atoms with Crippen LogP contribution < -0.4 is 9.62 Å². The molecule has 4 rings (SSSR count). The Bertz CT molecular complexity index is 979. The number of nitrogens with one attached hydrogen (secondary N) is 1. The number of hydrogen-bond donors (Lipinski definition) is 1. The first-order valence-electron chi connectivity index (χ1n) is 8.54. The van der Waals surface area contributed by atoms with Crippen molar-refractivity contribution >= 4 is 37.5 Å². The maximum atomic E-state index is 12.8. The number of anilines is 1. The lowest BCUT2D eigenvalue weighted by Crippen LogP contribution is -2.30. The number of furan rings is 1. The van der Waals surface area contributed by atoms with Crippen molar-refractivity contribution < 1.29 is 17.6 Å². The first kappa shape index (κ1) is 17.8. The van der Waals surface area contributed by atoms with Crippen LogP contribution in [-0.4, -0.2) is 20.9 Å². The minimum absolute atomic E-state index is 0.0738. The molecule has 0 bridgehead atoms. The monoisotopic (exact) mass is 438 g/mol. The third-order valence-corrected chi connectivity index (χ3v) is 7.10. The molecule has 0 unspecified atom stereocenters. The summed E-state index contributed by atoms with van der Waals surface area (Å²) in [7, 11) is -3.75. The van der Waals surface area contributed by atoms with Gasteiger partial charge in [0, 0.05) is 22.6 Å².